The molecule has 0 aliphatic heterocycles. The van der Waals surface area contributed by atoms with E-state index in [1.54, 1.807) is 0 Å². The first-order valence-corrected chi connectivity index (χ1v) is 9.45. The molecule has 0 bridgehead atoms. The Morgan fingerprint density at radius 2 is 1.91 bits per heavy atom. The summed E-state index contributed by atoms with van der Waals surface area (Å²) >= 11 is 0. The van der Waals surface area contributed by atoms with Gasteiger partial charge in [0, 0.05) is 52.5 Å². The average Bonchev–Trinajstić information content (AvgIpc) is 3.40. The van der Waals surface area contributed by atoms with Crippen molar-refractivity contribution in [3.63, 3.8) is 0 Å². The Morgan fingerprint density at radius 1 is 1.17 bits per heavy atom. The van der Waals surface area contributed by atoms with Gasteiger partial charge < -0.3 is 15.4 Å². The largest absolute Gasteiger partial charge is 0.381 e. The lowest BCUT2D eigenvalue weighted by Gasteiger charge is -2.22. The van der Waals surface area contributed by atoms with Crippen molar-refractivity contribution in [2.75, 3.05) is 46.4 Å². The first-order chi connectivity index (χ1) is 11.2. The predicted molar refractivity (Wildman–Crippen MR) is 97.0 cm³/mol. The van der Waals surface area contributed by atoms with Crippen molar-refractivity contribution < 1.29 is 4.74 Å². The highest BCUT2D eigenvalue weighted by atomic mass is 16.5. The molecule has 2 aliphatic rings. The molecule has 2 aliphatic carbocycles. The molecule has 5 heteroatoms. The molecular weight excluding hydrogens is 288 g/mol. The van der Waals surface area contributed by atoms with Crippen LogP contribution in [0.4, 0.5) is 0 Å². The molecule has 0 atom stereocenters. The Kier molecular flexibility index (Phi) is 8.17. The lowest BCUT2D eigenvalue weighted by Crippen LogP contribution is -2.43. The zero-order chi connectivity index (χ0) is 16.5. The van der Waals surface area contributed by atoms with Gasteiger partial charge in [-0.3, -0.25) is 9.89 Å². The van der Waals surface area contributed by atoms with Gasteiger partial charge in [-0.25, -0.2) is 0 Å². The molecule has 0 unspecified atom stereocenters. The third kappa shape index (κ3) is 8.56. The third-order valence-electron chi connectivity index (χ3n) is 4.38. The number of hydrogen-bond donors (Lipinski definition) is 2. The van der Waals surface area contributed by atoms with Crippen molar-refractivity contribution in [1.29, 1.82) is 0 Å². The summed E-state index contributed by atoms with van der Waals surface area (Å²) in [6, 6.07) is 0.866. The van der Waals surface area contributed by atoms with Gasteiger partial charge in [-0.15, -0.1) is 0 Å². The summed E-state index contributed by atoms with van der Waals surface area (Å²) in [6.07, 6.45) is 6.70. The van der Waals surface area contributed by atoms with Crippen LogP contribution in [0.5, 0.6) is 0 Å². The van der Waals surface area contributed by atoms with E-state index in [0.717, 1.165) is 57.2 Å². The van der Waals surface area contributed by atoms with E-state index in [1.807, 2.05) is 7.05 Å². The minimum atomic E-state index is 0.613. The van der Waals surface area contributed by atoms with Crippen molar-refractivity contribution in [2.45, 2.75) is 52.0 Å². The van der Waals surface area contributed by atoms with E-state index in [1.165, 1.54) is 32.2 Å². The molecule has 5 nitrogen and oxygen atoms in total. The van der Waals surface area contributed by atoms with Gasteiger partial charge >= 0.3 is 0 Å². The van der Waals surface area contributed by atoms with Crippen LogP contribution in [-0.4, -0.2) is 63.3 Å². The lowest BCUT2D eigenvalue weighted by atomic mass is 10.2. The van der Waals surface area contributed by atoms with Crippen LogP contribution in [0.2, 0.25) is 0 Å². The van der Waals surface area contributed by atoms with Gasteiger partial charge in [0.25, 0.3) is 0 Å². The van der Waals surface area contributed by atoms with Gasteiger partial charge in [0.1, 0.15) is 0 Å². The minimum absolute atomic E-state index is 0.613. The molecule has 0 amide bonds. The fourth-order valence-corrected chi connectivity index (χ4v) is 2.73. The molecule has 0 heterocycles. The van der Waals surface area contributed by atoms with Crippen LogP contribution in [0.15, 0.2) is 4.99 Å². The zero-order valence-corrected chi connectivity index (χ0v) is 15.3. The molecule has 2 N–H and O–H groups in total. The first kappa shape index (κ1) is 18.5. The van der Waals surface area contributed by atoms with Crippen LogP contribution in [0.25, 0.3) is 0 Å². The second-order valence-electron chi connectivity index (χ2n) is 7.42. The van der Waals surface area contributed by atoms with Crippen molar-refractivity contribution in [3.05, 3.63) is 0 Å². The number of ether oxygens (including phenoxy) is 1. The van der Waals surface area contributed by atoms with Gasteiger partial charge in [0.15, 0.2) is 5.96 Å². The Bertz CT molecular complexity index is 351. The summed E-state index contributed by atoms with van der Waals surface area (Å²) in [4.78, 5) is 6.98. The summed E-state index contributed by atoms with van der Waals surface area (Å²) in [5, 5.41) is 6.81. The number of nitrogens with one attached hydrogen (secondary N) is 2. The van der Waals surface area contributed by atoms with Crippen molar-refractivity contribution in [2.24, 2.45) is 16.8 Å². The number of guanidine groups is 1. The SMILES string of the molecule is CN=C(NCCCOCC(C)C)NCCN(CC1CC1)C1CC1. The Morgan fingerprint density at radius 3 is 2.52 bits per heavy atom. The molecule has 0 aromatic rings. The molecule has 0 aromatic carbocycles. The van der Waals surface area contributed by atoms with Crippen LogP contribution < -0.4 is 10.6 Å². The molecule has 23 heavy (non-hydrogen) atoms. The first-order valence-electron chi connectivity index (χ1n) is 9.45. The van der Waals surface area contributed by atoms with Crippen LogP contribution in [0, 0.1) is 11.8 Å². The number of hydrogen-bond acceptors (Lipinski definition) is 3. The van der Waals surface area contributed by atoms with Crippen LogP contribution in [0.3, 0.4) is 0 Å². The van der Waals surface area contributed by atoms with Gasteiger partial charge in [0.05, 0.1) is 0 Å². The van der Waals surface area contributed by atoms with Crippen molar-refractivity contribution in [3.8, 4) is 0 Å². The van der Waals surface area contributed by atoms with E-state index in [-0.39, 0.29) is 0 Å². The van der Waals surface area contributed by atoms with Crippen LogP contribution >= 0.6 is 0 Å². The second kappa shape index (κ2) is 10.1. The van der Waals surface area contributed by atoms with Crippen LogP contribution in [-0.2, 0) is 4.74 Å². The summed E-state index contributed by atoms with van der Waals surface area (Å²) < 4.78 is 5.59. The molecular formula is C18H36N4O. The van der Waals surface area contributed by atoms with Gasteiger partial charge in [-0.05, 0) is 43.9 Å². The van der Waals surface area contributed by atoms with E-state index in [2.05, 4.69) is 34.4 Å². The summed E-state index contributed by atoms with van der Waals surface area (Å²) in [7, 11) is 1.84. The Hall–Kier alpha value is -0.810. The standard InChI is InChI=1S/C18H36N4O/c1-15(2)14-23-12-4-9-20-18(19-3)21-10-11-22(17-7-8-17)13-16-5-6-16/h15-17H,4-14H2,1-3H3,(H2,19,20,21). The fraction of sp³-hybridized carbons (Fsp3) is 0.944. The highest BCUT2D eigenvalue weighted by molar-refractivity contribution is 5.79. The minimum Gasteiger partial charge on any atom is -0.381 e. The normalized spacial score (nSPS) is 18.7. The van der Waals surface area contributed by atoms with Crippen molar-refractivity contribution in [1.82, 2.24) is 15.5 Å². The molecule has 2 saturated carbocycles. The molecule has 0 spiro atoms. The maximum absolute atomic E-state index is 5.59. The van der Waals surface area contributed by atoms with E-state index < -0.39 is 0 Å². The van der Waals surface area contributed by atoms with E-state index in [0.29, 0.717) is 5.92 Å². The summed E-state index contributed by atoms with van der Waals surface area (Å²) in [5.74, 6) is 2.51. The maximum Gasteiger partial charge on any atom is 0.191 e. The maximum atomic E-state index is 5.59. The average molecular weight is 325 g/mol. The Labute approximate surface area is 142 Å². The van der Waals surface area contributed by atoms with E-state index in [9.17, 15) is 0 Å². The Balaban J connectivity index is 1.50. The number of nitrogens with zero attached hydrogens (tertiary/aromatic N) is 2. The molecule has 2 fully saturated rings. The van der Waals surface area contributed by atoms with Crippen molar-refractivity contribution >= 4 is 5.96 Å². The van der Waals surface area contributed by atoms with E-state index >= 15 is 0 Å². The second-order valence-corrected chi connectivity index (χ2v) is 7.42. The van der Waals surface area contributed by atoms with E-state index in [4.69, 9.17) is 4.74 Å². The topological polar surface area (TPSA) is 48.9 Å². The monoisotopic (exact) mass is 324 g/mol. The molecule has 2 rings (SSSR count). The van der Waals surface area contributed by atoms with Gasteiger partial charge in [0.2, 0.25) is 0 Å². The third-order valence-corrected chi connectivity index (χ3v) is 4.38. The summed E-state index contributed by atoms with van der Waals surface area (Å²) in [6.45, 7) is 10.4. The lowest BCUT2D eigenvalue weighted by molar-refractivity contribution is 0.108. The van der Waals surface area contributed by atoms with Gasteiger partial charge in [-0.2, -0.15) is 0 Å². The molecule has 0 radical (unpaired) electrons. The number of aliphatic imine (C=N–C) groups is 1. The fourth-order valence-electron chi connectivity index (χ4n) is 2.73. The zero-order valence-electron chi connectivity index (χ0n) is 15.3. The highest BCUT2D eigenvalue weighted by Gasteiger charge is 2.33. The van der Waals surface area contributed by atoms with Crippen LogP contribution in [0.1, 0.15) is 46.0 Å². The molecule has 134 valence electrons. The quantitative estimate of drug-likeness (QED) is 0.328. The number of rotatable bonds is 12. The molecule has 0 aromatic heterocycles. The summed E-state index contributed by atoms with van der Waals surface area (Å²) in [5.41, 5.74) is 0. The molecule has 0 saturated heterocycles. The highest BCUT2D eigenvalue weighted by Crippen LogP contribution is 2.34. The predicted octanol–water partition coefficient (Wildman–Crippen LogP) is 2.09. The smallest absolute Gasteiger partial charge is 0.191 e. The van der Waals surface area contributed by atoms with Gasteiger partial charge in [-0.1, -0.05) is 13.8 Å².